The minimum Gasteiger partial charge on any atom is -0.330 e. The molecule has 0 spiro atoms. The summed E-state index contributed by atoms with van der Waals surface area (Å²) in [5.41, 5.74) is 5.58. The minimum absolute atomic E-state index is 0.116. The number of nitrogens with two attached hydrogens (primary N) is 1. The molecule has 0 radical (unpaired) electrons. The molecule has 1 saturated carbocycles. The summed E-state index contributed by atoms with van der Waals surface area (Å²) in [6.45, 7) is 4.71. The fraction of sp³-hybridized carbons (Fsp3) is 0.688. The Bertz CT molecular complexity index is 471. The second-order valence-electron chi connectivity index (χ2n) is 6.38. The van der Waals surface area contributed by atoms with Crippen molar-refractivity contribution in [2.45, 2.75) is 45.2 Å². The van der Waals surface area contributed by atoms with Crippen molar-refractivity contribution >= 4 is 0 Å². The average molecular weight is 300 g/mol. The first kappa shape index (κ1) is 16.3. The van der Waals surface area contributed by atoms with Gasteiger partial charge in [-0.1, -0.05) is 13.8 Å². The summed E-state index contributed by atoms with van der Waals surface area (Å²) < 4.78 is 39.7. The van der Waals surface area contributed by atoms with Crippen LogP contribution in [0, 0.1) is 17.8 Å². The largest absolute Gasteiger partial charge is 0.416 e. The Kier molecular flexibility index (Phi) is 4.91. The van der Waals surface area contributed by atoms with E-state index in [0.717, 1.165) is 25.3 Å². The molecule has 118 valence electrons. The van der Waals surface area contributed by atoms with Crippen molar-refractivity contribution in [3.05, 3.63) is 29.6 Å². The molecule has 3 atom stereocenters. The third-order valence-corrected chi connectivity index (χ3v) is 4.84. The highest BCUT2D eigenvalue weighted by Gasteiger charge is 2.39. The van der Waals surface area contributed by atoms with Gasteiger partial charge in [0, 0.05) is 12.4 Å². The van der Waals surface area contributed by atoms with E-state index in [1.54, 1.807) is 0 Å². The molecule has 0 aliphatic heterocycles. The van der Waals surface area contributed by atoms with Gasteiger partial charge in [-0.2, -0.15) is 13.2 Å². The zero-order valence-corrected chi connectivity index (χ0v) is 12.5. The van der Waals surface area contributed by atoms with Gasteiger partial charge in [0.2, 0.25) is 0 Å². The summed E-state index contributed by atoms with van der Waals surface area (Å²) in [5.74, 6) is 0.920. The Morgan fingerprint density at radius 2 is 2.05 bits per heavy atom. The second-order valence-corrected chi connectivity index (χ2v) is 6.38. The van der Waals surface area contributed by atoms with Gasteiger partial charge in [0.05, 0.1) is 5.56 Å². The third kappa shape index (κ3) is 3.57. The molecule has 2 rings (SSSR count). The standard InChI is InChI=1S/C16H23F3N2/c1-10(2)11-3-4-12(8-20)13(7-11)14-9-21-6-5-15(14)16(17,18)19/h5-6,9-13H,3-4,7-8,20H2,1-2H3. The van der Waals surface area contributed by atoms with Gasteiger partial charge in [-0.05, 0) is 61.1 Å². The number of hydrogen-bond acceptors (Lipinski definition) is 2. The molecule has 1 fully saturated rings. The van der Waals surface area contributed by atoms with Crippen LogP contribution in [0.25, 0.3) is 0 Å². The van der Waals surface area contributed by atoms with E-state index in [4.69, 9.17) is 5.73 Å². The fourth-order valence-corrected chi connectivity index (χ4v) is 3.49. The first-order chi connectivity index (χ1) is 9.84. The maximum atomic E-state index is 13.2. The third-order valence-electron chi connectivity index (χ3n) is 4.84. The molecule has 0 amide bonds. The smallest absolute Gasteiger partial charge is 0.330 e. The van der Waals surface area contributed by atoms with E-state index in [-0.39, 0.29) is 11.8 Å². The van der Waals surface area contributed by atoms with E-state index in [0.29, 0.717) is 23.9 Å². The van der Waals surface area contributed by atoms with Crippen molar-refractivity contribution in [3.63, 3.8) is 0 Å². The highest BCUT2D eigenvalue weighted by Crippen LogP contribution is 2.46. The van der Waals surface area contributed by atoms with Crippen LogP contribution in [0.15, 0.2) is 18.5 Å². The van der Waals surface area contributed by atoms with Crippen molar-refractivity contribution in [3.8, 4) is 0 Å². The first-order valence-electron chi connectivity index (χ1n) is 7.55. The van der Waals surface area contributed by atoms with Crippen molar-refractivity contribution in [1.29, 1.82) is 0 Å². The molecule has 5 heteroatoms. The maximum absolute atomic E-state index is 13.2. The van der Waals surface area contributed by atoms with Crippen LogP contribution in [-0.2, 0) is 6.18 Å². The lowest BCUT2D eigenvalue weighted by atomic mass is 9.68. The van der Waals surface area contributed by atoms with Gasteiger partial charge in [-0.15, -0.1) is 0 Å². The number of hydrogen-bond donors (Lipinski definition) is 1. The van der Waals surface area contributed by atoms with E-state index >= 15 is 0 Å². The molecule has 0 bridgehead atoms. The summed E-state index contributed by atoms with van der Waals surface area (Å²) in [6.07, 6.45) is 0.996. The van der Waals surface area contributed by atoms with Crippen molar-refractivity contribution in [2.75, 3.05) is 6.54 Å². The number of pyridine rings is 1. The Morgan fingerprint density at radius 3 is 2.62 bits per heavy atom. The lowest BCUT2D eigenvalue weighted by molar-refractivity contribution is -0.138. The van der Waals surface area contributed by atoms with E-state index in [2.05, 4.69) is 18.8 Å². The van der Waals surface area contributed by atoms with Gasteiger partial charge in [-0.25, -0.2) is 0 Å². The molecule has 2 N–H and O–H groups in total. The fourth-order valence-electron chi connectivity index (χ4n) is 3.49. The summed E-state index contributed by atoms with van der Waals surface area (Å²) in [4.78, 5) is 3.93. The highest BCUT2D eigenvalue weighted by atomic mass is 19.4. The highest BCUT2D eigenvalue weighted by molar-refractivity contribution is 5.31. The number of nitrogens with zero attached hydrogens (tertiary/aromatic N) is 1. The first-order valence-corrected chi connectivity index (χ1v) is 7.55. The predicted molar refractivity (Wildman–Crippen MR) is 76.7 cm³/mol. The Labute approximate surface area is 123 Å². The summed E-state index contributed by atoms with van der Waals surface area (Å²) in [7, 11) is 0. The molecule has 1 aromatic heterocycles. The summed E-state index contributed by atoms with van der Waals surface area (Å²) in [6, 6.07) is 1.09. The van der Waals surface area contributed by atoms with Crippen molar-refractivity contribution in [2.24, 2.45) is 23.5 Å². The molecular weight excluding hydrogens is 277 g/mol. The number of alkyl halides is 3. The van der Waals surface area contributed by atoms with Crippen LogP contribution in [0.2, 0.25) is 0 Å². The normalized spacial score (nSPS) is 27.1. The lowest BCUT2D eigenvalue weighted by Gasteiger charge is -2.38. The Hall–Kier alpha value is -1.10. The lowest BCUT2D eigenvalue weighted by Crippen LogP contribution is -2.32. The van der Waals surface area contributed by atoms with E-state index in [1.165, 1.54) is 12.4 Å². The van der Waals surface area contributed by atoms with Crippen molar-refractivity contribution < 1.29 is 13.2 Å². The van der Waals surface area contributed by atoms with Crippen LogP contribution >= 0.6 is 0 Å². The van der Waals surface area contributed by atoms with Gasteiger partial charge < -0.3 is 5.73 Å². The van der Waals surface area contributed by atoms with Crippen LogP contribution in [0.5, 0.6) is 0 Å². The zero-order valence-electron chi connectivity index (χ0n) is 12.5. The number of aromatic nitrogens is 1. The number of halogens is 3. The maximum Gasteiger partial charge on any atom is 0.416 e. The predicted octanol–water partition coefficient (Wildman–Crippen LogP) is 4.22. The van der Waals surface area contributed by atoms with Crippen LogP contribution < -0.4 is 5.73 Å². The topological polar surface area (TPSA) is 38.9 Å². The Morgan fingerprint density at radius 1 is 1.33 bits per heavy atom. The average Bonchev–Trinajstić information content (AvgIpc) is 2.45. The van der Waals surface area contributed by atoms with Crippen LogP contribution in [0.3, 0.4) is 0 Å². The summed E-state index contributed by atoms with van der Waals surface area (Å²) in [5, 5.41) is 0. The molecule has 21 heavy (non-hydrogen) atoms. The van der Waals surface area contributed by atoms with E-state index in [1.807, 2.05) is 0 Å². The molecule has 0 saturated heterocycles. The molecule has 1 aliphatic rings. The monoisotopic (exact) mass is 300 g/mol. The van der Waals surface area contributed by atoms with Crippen molar-refractivity contribution in [1.82, 2.24) is 4.98 Å². The second kappa shape index (κ2) is 6.34. The van der Waals surface area contributed by atoms with Gasteiger partial charge in [-0.3, -0.25) is 4.98 Å². The van der Waals surface area contributed by atoms with Gasteiger partial charge in [0.15, 0.2) is 0 Å². The molecule has 0 aromatic carbocycles. The molecule has 1 aliphatic carbocycles. The van der Waals surface area contributed by atoms with E-state index < -0.39 is 11.7 Å². The van der Waals surface area contributed by atoms with Crippen LogP contribution in [0.4, 0.5) is 13.2 Å². The van der Waals surface area contributed by atoms with Gasteiger partial charge >= 0.3 is 6.18 Å². The molecular formula is C16H23F3N2. The van der Waals surface area contributed by atoms with Gasteiger partial charge in [0.1, 0.15) is 0 Å². The molecule has 2 nitrogen and oxygen atoms in total. The zero-order chi connectivity index (χ0) is 15.6. The SMILES string of the molecule is CC(C)C1CCC(CN)C(c2cnccc2C(F)(F)F)C1. The molecule has 1 aromatic rings. The van der Waals surface area contributed by atoms with Gasteiger partial charge in [0.25, 0.3) is 0 Å². The minimum atomic E-state index is -4.33. The van der Waals surface area contributed by atoms with E-state index in [9.17, 15) is 13.2 Å². The van der Waals surface area contributed by atoms with Crippen LogP contribution in [0.1, 0.15) is 50.2 Å². The molecule has 3 unspecified atom stereocenters. The Balaban J connectivity index is 2.37. The quantitative estimate of drug-likeness (QED) is 0.908. The van der Waals surface area contributed by atoms with Crippen LogP contribution in [-0.4, -0.2) is 11.5 Å². The number of rotatable bonds is 3. The summed E-state index contributed by atoms with van der Waals surface area (Å²) >= 11 is 0. The molecule has 1 heterocycles.